The summed E-state index contributed by atoms with van der Waals surface area (Å²) in [5.74, 6) is 0.717. The molecule has 8 nitrogen and oxygen atoms in total. The monoisotopic (exact) mass is 540 g/mol. The maximum Gasteiger partial charge on any atom is 0.240 e. The quantitative estimate of drug-likeness (QED) is 0.379. The average molecular weight is 541 g/mol. The first-order chi connectivity index (χ1) is 16.4. The van der Waals surface area contributed by atoms with Gasteiger partial charge in [0.15, 0.2) is 5.65 Å². The van der Waals surface area contributed by atoms with E-state index in [2.05, 4.69) is 43.0 Å². The molecule has 0 atom stereocenters. The second-order valence-corrected chi connectivity index (χ2v) is 11.0. The number of anilines is 2. The number of rotatable bonds is 6. The van der Waals surface area contributed by atoms with Gasteiger partial charge in [0.25, 0.3) is 0 Å². The summed E-state index contributed by atoms with van der Waals surface area (Å²) < 4.78 is 31.1. The lowest BCUT2D eigenvalue weighted by Crippen LogP contribution is -2.43. The third-order valence-corrected chi connectivity index (χ3v) is 8.07. The highest BCUT2D eigenvalue weighted by Crippen LogP contribution is 2.28. The second kappa shape index (κ2) is 9.46. The Kier molecular flexibility index (Phi) is 6.39. The summed E-state index contributed by atoms with van der Waals surface area (Å²) in [5, 5.41) is 7.77. The molecule has 10 heteroatoms. The van der Waals surface area contributed by atoms with Crippen LogP contribution < -0.4 is 10.0 Å². The van der Waals surface area contributed by atoms with Gasteiger partial charge in [-0.1, -0.05) is 30.3 Å². The van der Waals surface area contributed by atoms with Crippen LogP contribution in [0.1, 0.15) is 12.8 Å². The fourth-order valence-corrected chi connectivity index (χ4v) is 5.71. The summed E-state index contributed by atoms with van der Waals surface area (Å²) in [5.41, 5.74) is 3.22. The highest BCUT2D eigenvalue weighted by atomic mass is 79.9. The van der Waals surface area contributed by atoms with Gasteiger partial charge in [0, 0.05) is 23.4 Å². The Labute approximate surface area is 207 Å². The number of fused-ring (bicyclic) bond motifs is 1. The number of nitrogens with zero attached hydrogens (tertiary/aromatic N) is 4. The second-order valence-electron chi connectivity index (χ2n) is 8.47. The zero-order valence-corrected chi connectivity index (χ0v) is 21.1. The van der Waals surface area contributed by atoms with Crippen LogP contribution in [0.15, 0.2) is 76.2 Å². The van der Waals surface area contributed by atoms with Crippen LogP contribution in [0.5, 0.6) is 0 Å². The van der Waals surface area contributed by atoms with E-state index >= 15 is 0 Å². The minimum absolute atomic E-state index is 0.0289. The lowest BCUT2D eigenvalue weighted by atomic mass is 10.1. The number of nitrogens with one attached hydrogen (secondary N) is 2. The lowest BCUT2D eigenvalue weighted by Gasteiger charge is -2.29. The van der Waals surface area contributed by atoms with Crippen molar-refractivity contribution in [2.75, 3.05) is 25.5 Å². The summed E-state index contributed by atoms with van der Waals surface area (Å²) in [6.07, 6.45) is 3.33. The third kappa shape index (κ3) is 4.85. The Bertz CT molecular complexity index is 1400. The predicted molar refractivity (Wildman–Crippen MR) is 137 cm³/mol. The van der Waals surface area contributed by atoms with E-state index in [-0.39, 0.29) is 10.9 Å². The smallest absolute Gasteiger partial charge is 0.240 e. The first-order valence-corrected chi connectivity index (χ1v) is 13.3. The number of benzene rings is 2. The SMILES string of the molecule is CN1CCC(NS(=O)(=O)c2ccc(Nc3cc(-c4ccccc4)nc4c(Br)cnn34)cc2)CC1. The number of sulfonamides is 1. The molecule has 0 radical (unpaired) electrons. The van der Waals surface area contributed by atoms with E-state index in [1.807, 2.05) is 36.4 Å². The molecule has 0 unspecified atom stereocenters. The molecule has 2 N–H and O–H groups in total. The van der Waals surface area contributed by atoms with Gasteiger partial charge < -0.3 is 10.2 Å². The Morgan fingerprint density at radius 2 is 1.74 bits per heavy atom. The van der Waals surface area contributed by atoms with Gasteiger partial charge in [-0.25, -0.2) is 18.1 Å². The largest absolute Gasteiger partial charge is 0.340 e. The first-order valence-electron chi connectivity index (χ1n) is 11.1. The predicted octanol–water partition coefficient (Wildman–Crippen LogP) is 4.27. The molecule has 1 saturated heterocycles. The number of halogens is 1. The molecule has 1 aliphatic rings. The fourth-order valence-electron chi connectivity index (χ4n) is 4.06. The molecular weight excluding hydrogens is 516 g/mol. The van der Waals surface area contributed by atoms with Crippen molar-refractivity contribution in [3.05, 3.63) is 71.3 Å². The molecule has 0 aliphatic carbocycles. The zero-order chi connectivity index (χ0) is 23.7. The molecule has 4 aromatic rings. The van der Waals surface area contributed by atoms with Crippen LogP contribution in [-0.2, 0) is 10.0 Å². The van der Waals surface area contributed by atoms with Crippen LogP contribution in [0.4, 0.5) is 11.5 Å². The molecule has 0 saturated carbocycles. The molecule has 1 fully saturated rings. The van der Waals surface area contributed by atoms with E-state index in [1.165, 1.54) is 0 Å². The van der Waals surface area contributed by atoms with Gasteiger partial charge in [-0.05, 0) is 73.2 Å². The third-order valence-electron chi connectivity index (χ3n) is 5.98. The van der Waals surface area contributed by atoms with Crippen molar-refractivity contribution in [3.63, 3.8) is 0 Å². The first kappa shape index (κ1) is 23.0. The number of piperidine rings is 1. The van der Waals surface area contributed by atoms with Crippen LogP contribution in [0.25, 0.3) is 16.9 Å². The van der Waals surface area contributed by atoms with E-state index in [0.717, 1.165) is 53.2 Å². The van der Waals surface area contributed by atoms with Crippen LogP contribution in [0.2, 0.25) is 0 Å². The van der Waals surface area contributed by atoms with Crippen molar-refractivity contribution in [1.82, 2.24) is 24.2 Å². The Morgan fingerprint density at radius 1 is 1.03 bits per heavy atom. The number of hydrogen-bond acceptors (Lipinski definition) is 6. The van der Waals surface area contributed by atoms with E-state index < -0.39 is 10.0 Å². The molecule has 0 bridgehead atoms. The van der Waals surface area contributed by atoms with Gasteiger partial charge in [0.2, 0.25) is 10.0 Å². The van der Waals surface area contributed by atoms with E-state index in [9.17, 15) is 8.42 Å². The van der Waals surface area contributed by atoms with Crippen molar-refractivity contribution in [1.29, 1.82) is 0 Å². The molecule has 176 valence electrons. The molecule has 0 spiro atoms. The lowest BCUT2D eigenvalue weighted by molar-refractivity contribution is 0.248. The van der Waals surface area contributed by atoms with Gasteiger partial charge in [-0.3, -0.25) is 0 Å². The highest BCUT2D eigenvalue weighted by Gasteiger charge is 2.23. The summed E-state index contributed by atoms with van der Waals surface area (Å²) in [7, 11) is -1.52. The van der Waals surface area contributed by atoms with Crippen LogP contribution in [0.3, 0.4) is 0 Å². The van der Waals surface area contributed by atoms with E-state index in [0.29, 0.717) is 5.65 Å². The normalized spacial score (nSPS) is 15.6. The Balaban J connectivity index is 1.39. The molecule has 0 amide bonds. The standard InChI is InChI=1S/C24H25BrN6O2S/c1-30-13-11-19(12-14-30)29-34(32,33)20-9-7-18(8-10-20)27-23-15-22(17-5-3-2-4-6-17)28-24-21(25)16-26-31(23)24/h2-10,15-16,19,27,29H,11-14H2,1H3. The number of aromatic nitrogens is 3. The Morgan fingerprint density at radius 3 is 2.44 bits per heavy atom. The van der Waals surface area contributed by atoms with Gasteiger partial charge in [-0.2, -0.15) is 9.61 Å². The van der Waals surface area contributed by atoms with Crippen molar-refractivity contribution < 1.29 is 8.42 Å². The average Bonchev–Trinajstić information content (AvgIpc) is 3.22. The molecule has 2 aromatic heterocycles. The maximum atomic E-state index is 12.9. The van der Waals surface area contributed by atoms with Crippen LogP contribution in [-0.4, -0.2) is 54.1 Å². The number of hydrogen-bond donors (Lipinski definition) is 2. The molecule has 34 heavy (non-hydrogen) atoms. The fraction of sp³-hybridized carbons (Fsp3) is 0.250. The maximum absolute atomic E-state index is 12.9. The summed E-state index contributed by atoms with van der Waals surface area (Å²) in [6.45, 7) is 1.79. The van der Waals surface area contributed by atoms with Gasteiger partial charge in [-0.15, -0.1) is 0 Å². The molecular formula is C24H25BrN6O2S. The highest BCUT2D eigenvalue weighted by molar-refractivity contribution is 9.10. The molecule has 5 rings (SSSR count). The minimum Gasteiger partial charge on any atom is -0.340 e. The van der Waals surface area contributed by atoms with Crippen LogP contribution >= 0.6 is 15.9 Å². The number of likely N-dealkylation sites (tertiary alicyclic amines) is 1. The summed E-state index contributed by atoms with van der Waals surface area (Å²) in [4.78, 5) is 7.20. The molecule has 3 heterocycles. The van der Waals surface area contributed by atoms with Crippen LogP contribution in [0, 0.1) is 0 Å². The van der Waals surface area contributed by atoms with Crippen molar-refractivity contribution in [3.8, 4) is 11.3 Å². The van der Waals surface area contributed by atoms with Crippen molar-refractivity contribution in [2.45, 2.75) is 23.8 Å². The van der Waals surface area contributed by atoms with E-state index in [1.54, 1.807) is 35.0 Å². The minimum atomic E-state index is -3.57. The van der Waals surface area contributed by atoms with Crippen molar-refractivity contribution in [2.24, 2.45) is 0 Å². The molecule has 1 aliphatic heterocycles. The van der Waals surface area contributed by atoms with E-state index in [4.69, 9.17) is 4.98 Å². The van der Waals surface area contributed by atoms with Crippen molar-refractivity contribution >= 4 is 43.1 Å². The van der Waals surface area contributed by atoms with Gasteiger partial charge in [0.1, 0.15) is 5.82 Å². The molecule has 2 aromatic carbocycles. The topological polar surface area (TPSA) is 91.6 Å². The van der Waals surface area contributed by atoms with Gasteiger partial charge >= 0.3 is 0 Å². The summed E-state index contributed by atoms with van der Waals surface area (Å²) >= 11 is 3.52. The van der Waals surface area contributed by atoms with Gasteiger partial charge in [0.05, 0.1) is 21.3 Å². The summed E-state index contributed by atoms with van der Waals surface area (Å²) in [6, 6.07) is 18.6. The zero-order valence-electron chi connectivity index (χ0n) is 18.6. The Hall–Kier alpha value is -2.79.